The molecule has 11 aromatic rings. The molecule has 0 bridgehead atoms. The van der Waals surface area contributed by atoms with Gasteiger partial charge in [0, 0.05) is 16.7 Å². The van der Waals surface area contributed by atoms with E-state index in [1.807, 2.05) is 0 Å². The fraction of sp³-hybridized carbons (Fsp3) is 0.0781. The first-order chi connectivity index (χ1) is 32.5. The first kappa shape index (κ1) is 38.4. The number of benzene rings is 11. The molecule has 0 spiro atoms. The van der Waals surface area contributed by atoms with E-state index in [0.717, 1.165) is 17.1 Å². The molecule has 66 heavy (non-hydrogen) atoms. The molecule has 0 amide bonds. The van der Waals surface area contributed by atoms with Gasteiger partial charge in [-0.05, 0) is 135 Å². The van der Waals surface area contributed by atoms with Crippen LogP contribution in [0.2, 0.25) is 0 Å². The number of nitrogens with zero attached hydrogens (tertiary/aromatic N) is 2. The van der Waals surface area contributed by atoms with E-state index in [-0.39, 0.29) is 17.5 Å². The van der Waals surface area contributed by atoms with Crippen molar-refractivity contribution in [3.8, 4) is 33.4 Å². The van der Waals surface area contributed by atoms with Crippen LogP contribution in [0.1, 0.15) is 53.7 Å². The Morgan fingerprint density at radius 3 is 1.48 bits per heavy atom. The van der Waals surface area contributed by atoms with E-state index in [4.69, 9.17) is 4.99 Å². The van der Waals surface area contributed by atoms with Gasteiger partial charge in [0.05, 0.1) is 6.04 Å². The Labute approximate surface area is 385 Å². The van der Waals surface area contributed by atoms with Crippen molar-refractivity contribution < 1.29 is 0 Å². The van der Waals surface area contributed by atoms with Crippen LogP contribution in [-0.4, -0.2) is 5.84 Å². The highest BCUT2D eigenvalue weighted by atomic mass is 15.3. The van der Waals surface area contributed by atoms with E-state index in [1.54, 1.807) is 0 Å². The molecule has 2 nitrogen and oxygen atoms in total. The van der Waals surface area contributed by atoms with E-state index >= 15 is 0 Å². The summed E-state index contributed by atoms with van der Waals surface area (Å²) in [7, 11) is 0. The molecule has 2 aliphatic rings. The molecular formula is C64H46N2. The van der Waals surface area contributed by atoms with Crippen molar-refractivity contribution in [2.75, 3.05) is 4.90 Å². The van der Waals surface area contributed by atoms with Gasteiger partial charge in [-0.2, -0.15) is 0 Å². The van der Waals surface area contributed by atoms with E-state index in [1.165, 1.54) is 98.7 Å². The second-order valence-corrected chi connectivity index (χ2v) is 18.6. The van der Waals surface area contributed by atoms with Gasteiger partial charge in [0.15, 0.2) is 0 Å². The van der Waals surface area contributed by atoms with Crippen LogP contribution < -0.4 is 4.90 Å². The summed E-state index contributed by atoms with van der Waals surface area (Å²) < 4.78 is 0. The molecule has 0 fully saturated rings. The molecule has 2 unspecified atom stereocenters. The minimum atomic E-state index is -0.296. The molecular weight excluding hydrogens is 797 g/mol. The van der Waals surface area contributed by atoms with E-state index < -0.39 is 0 Å². The van der Waals surface area contributed by atoms with Crippen LogP contribution in [0.5, 0.6) is 0 Å². The summed E-state index contributed by atoms with van der Waals surface area (Å²) in [5, 5.41) is 10.1. The van der Waals surface area contributed by atoms with Crippen LogP contribution in [-0.2, 0) is 5.41 Å². The number of rotatable bonds is 6. The highest BCUT2D eigenvalue weighted by Gasteiger charge is 2.42. The van der Waals surface area contributed by atoms with Gasteiger partial charge < -0.3 is 4.90 Å². The maximum atomic E-state index is 5.63. The quantitative estimate of drug-likeness (QED) is 0.152. The first-order valence-electron chi connectivity index (χ1n) is 23.2. The monoisotopic (exact) mass is 842 g/mol. The SMILES string of the molecule is CC1(C)c2cc(N3C(c4ccccc4)=NC(c4ccccc4)C3c3ccccc3)ccc2-c2cc3c(-c4ccc5ccccc5c4)c4ccccc4c(-c4ccc5ccccc5c4)c3cc21. The molecule has 0 saturated carbocycles. The Hall–Kier alpha value is -8.07. The average Bonchev–Trinajstić information content (AvgIpc) is 3.88. The Morgan fingerprint density at radius 2 is 0.879 bits per heavy atom. The maximum absolute atomic E-state index is 5.63. The first-order valence-corrected chi connectivity index (χ1v) is 23.2. The van der Waals surface area contributed by atoms with Crippen molar-refractivity contribution in [2.24, 2.45) is 4.99 Å². The van der Waals surface area contributed by atoms with Crippen molar-refractivity contribution in [3.05, 3.63) is 258 Å². The molecule has 0 radical (unpaired) electrons. The van der Waals surface area contributed by atoms with Gasteiger partial charge in [-0.3, -0.25) is 4.99 Å². The van der Waals surface area contributed by atoms with Crippen molar-refractivity contribution >= 4 is 54.6 Å². The number of anilines is 1. The van der Waals surface area contributed by atoms with Crippen LogP contribution in [0.4, 0.5) is 5.69 Å². The average molecular weight is 843 g/mol. The molecule has 0 aromatic heterocycles. The van der Waals surface area contributed by atoms with Gasteiger partial charge >= 0.3 is 0 Å². The molecule has 0 saturated heterocycles. The topological polar surface area (TPSA) is 15.6 Å². The molecule has 1 aliphatic heterocycles. The second-order valence-electron chi connectivity index (χ2n) is 18.6. The van der Waals surface area contributed by atoms with Crippen LogP contribution in [0.15, 0.2) is 236 Å². The molecule has 0 N–H and O–H groups in total. The van der Waals surface area contributed by atoms with Crippen molar-refractivity contribution in [3.63, 3.8) is 0 Å². The molecule has 11 aromatic carbocycles. The third-order valence-electron chi connectivity index (χ3n) is 14.5. The predicted molar refractivity (Wildman–Crippen MR) is 279 cm³/mol. The normalized spacial score (nSPS) is 16.2. The zero-order valence-electron chi connectivity index (χ0n) is 37.0. The third kappa shape index (κ3) is 5.98. The maximum Gasteiger partial charge on any atom is 0.136 e. The molecule has 2 atom stereocenters. The van der Waals surface area contributed by atoms with Crippen LogP contribution >= 0.6 is 0 Å². The van der Waals surface area contributed by atoms with Gasteiger partial charge in [-0.1, -0.05) is 208 Å². The van der Waals surface area contributed by atoms with E-state index in [9.17, 15) is 0 Å². The van der Waals surface area contributed by atoms with Crippen molar-refractivity contribution in [2.45, 2.75) is 31.3 Å². The number of amidine groups is 1. The highest BCUT2D eigenvalue weighted by Crippen LogP contribution is 2.55. The second kappa shape index (κ2) is 15.0. The third-order valence-corrected chi connectivity index (χ3v) is 14.5. The number of fused-ring (bicyclic) bond motifs is 7. The summed E-state index contributed by atoms with van der Waals surface area (Å²) in [4.78, 5) is 8.15. The standard InChI is InChI=1S/C64H46N2/c1-64(2)57-38-50(66-62(44-22-8-4-9-23-44)61(43-20-6-3-7-21-43)65-63(66)45-24-10-5-11-25-45)34-35-51(57)54-39-55-56(40-58(54)64)60(49-33-31-42-19-13-15-27-47(42)37-49)53-29-17-16-28-52(53)59(55)48-32-30-41-18-12-14-26-46(41)36-48/h3-40,61-62H,1-2H3. The van der Waals surface area contributed by atoms with E-state index in [0.29, 0.717) is 0 Å². The van der Waals surface area contributed by atoms with Crippen molar-refractivity contribution in [1.29, 1.82) is 0 Å². The smallest absolute Gasteiger partial charge is 0.136 e. The number of hydrogen-bond acceptors (Lipinski definition) is 2. The predicted octanol–water partition coefficient (Wildman–Crippen LogP) is 16.7. The Bertz CT molecular complexity index is 3740. The summed E-state index contributed by atoms with van der Waals surface area (Å²) in [5.74, 6) is 0.990. The lowest BCUT2D eigenvalue weighted by Crippen LogP contribution is -2.32. The molecule has 1 heterocycles. The Kier molecular flexibility index (Phi) is 8.73. The zero-order valence-corrected chi connectivity index (χ0v) is 37.0. The van der Waals surface area contributed by atoms with Gasteiger partial charge in [0.25, 0.3) is 0 Å². The minimum absolute atomic E-state index is 0.0437. The molecule has 1 aliphatic carbocycles. The number of aliphatic imine (C=N–C) groups is 1. The molecule has 312 valence electrons. The fourth-order valence-electron chi connectivity index (χ4n) is 11.4. The van der Waals surface area contributed by atoms with Gasteiger partial charge in [-0.25, -0.2) is 0 Å². The molecule has 13 rings (SSSR count). The zero-order chi connectivity index (χ0) is 43.9. The Morgan fingerprint density at radius 1 is 0.379 bits per heavy atom. The lowest BCUT2D eigenvalue weighted by atomic mass is 9.79. The van der Waals surface area contributed by atoms with Gasteiger partial charge in [-0.15, -0.1) is 0 Å². The van der Waals surface area contributed by atoms with Crippen molar-refractivity contribution in [1.82, 2.24) is 0 Å². The fourth-order valence-corrected chi connectivity index (χ4v) is 11.4. The lowest BCUT2D eigenvalue weighted by Gasteiger charge is -2.32. The van der Waals surface area contributed by atoms with Gasteiger partial charge in [0.1, 0.15) is 11.9 Å². The van der Waals surface area contributed by atoms with Gasteiger partial charge in [0.2, 0.25) is 0 Å². The van der Waals surface area contributed by atoms with Crippen LogP contribution in [0.3, 0.4) is 0 Å². The summed E-state index contributed by atoms with van der Waals surface area (Å²) >= 11 is 0. The van der Waals surface area contributed by atoms with Crippen LogP contribution in [0.25, 0.3) is 76.5 Å². The summed E-state index contributed by atoms with van der Waals surface area (Å²) in [6.07, 6.45) is 0. The highest BCUT2D eigenvalue weighted by molar-refractivity contribution is 6.23. The summed E-state index contributed by atoms with van der Waals surface area (Å²) in [6, 6.07) is 85.2. The molecule has 2 heteroatoms. The Balaban J connectivity index is 1.05. The minimum Gasteiger partial charge on any atom is -0.316 e. The lowest BCUT2D eigenvalue weighted by molar-refractivity contribution is 0.610. The van der Waals surface area contributed by atoms with Crippen LogP contribution in [0, 0.1) is 0 Å². The largest absolute Gasteiger partial charge is 0.316 e. The summed E-state index contributed by atoms with van der Waals surface area (Å²) in [6.45, 7) is 4.85. The number of hydrogen-bond donors (Lipinski definition) is 0. The summed E-state index contributed by atoms with van der Waals surface area (Å²) in [5.41, 5.74) is 14.7. The van der Waals surface area contributed by atoms with E-state index in [2.05, 4.69) is 249 Å².